The lowest BCUT2D eigenvalue weighted by Crippen LogP contribution is -2.28. The van der Waals surface area contributed by atoms with Crippen LogP contribution < -0.4 is 5.32 Å². The van der Waals surface area contributed by atoms with Gasteiger partial charge >= 0.3 is 5.97 Å². The van der Waals surface area contributed by atoms with Gasteiger partial charge in [-0.25, -0.2) is 19.7 Å². The molecule has 0 amide bonds. The van der Waals surface area contributed by atoms with Crippen molar-refractivity contribution < 1.29 is 9.90 Å². The fourth-order valence-electron chi connectivity index (χ4n) is 2.30. The summed E-state index contributed by atoms with van der Waals surface area (Å²) in [7, 11) is 0. The summed E-state index contributed by atoms with van der Waals surface area (Å²) in [6.45, 7) is 3.28. The summed E-state index contributed by atoms with van der Waals surface area (Å²) in [6, 6.07) is 0. The van der Waals surface area contributed by atoms with Crippen molar-refractivity contribution in [3.8, 4) is 0 Å². The van der Waals surface area contributed by atoms with Crippen molar-refractivity contribution in [3.05, 3.63) is 38.9 Å². The molecule has 0 bridgehead atoms. The Morgan fingerprint density at radius 1 is 1.45 bits per heavy atom. The number of fused-ring (bicyclic) bond motifs is 1. The second kappa shape index (κ2) is 5.26. The number of hydrogen-bond acceptors (Lipinski definition) is 6. The van der Waals surface area contributed by atoms with Crippen molar-refractivity contribution in [1.29, 1.82) is 0 Å². The second-order valence-electron chi connectivity index (χ2n) is 4.68. The zero-order valence-corrected chi connectivity index (χ0v) is 11.8. The Labute approximate surface area is 119 Å². The summed E-state index contributed by atoms with van der Waals surface area (Å²) in [5, 5.41) is 15.4. The number of aromatic carboxylic acids is 1. The van der Waals surface area contributed by atoms with Gasteiger partial charge in [0, 0.05) is 30.5 Å². The van der Waals surface area contributed by atoms with Crippen molar-refractivity contribution in [2.75, 3.05) is 6.54 Å². The van der Waals surface area contributed by atoms with Gasteiger partial charge in [-0.05, 0) is 6.92 Å². The highest BCUT2D eigenvalue weighted by Crippen LogP contribution is 2.18. The zero-order chi connectivity index (χ0) is 14.1. The van der Waals surface area contributed by atoms with Gasteiger partial charge in [0.1, 0.15) is 5.82 Å². The molecular formula is C13H14N4O2S. The first kappa shape index (κ1) is 13.1. The Bertz CT molecular complexity index is 668. The number of nitrogens with one attached hydrogen (secondary N) is 1. The summed E-state index contributed by atoms with van der Waals surface area (Å²) >= 11 is 1.57. The van der Waals surface area contributed by atoms with Crippen LogP contribution in [0.3, 0.4) is 0 Å². The predicted octanol–water partition coefficient (Wildman–Crippen LogP) is 1.18. The van der Waals surface area contributed by atoms with Crippen LogP contribution in [0.1, 0.15) is 38.3 Å². The van der Waals surface area contributed by atoms with E-state index >= 15 is 0 Å². The van der Waals surface area contributed by atoms with Crippen LogP contribution in [0, 0.1) is 6.92 Å². The molecule has 0 fully saturated rings. The molecule has 0 saturated carbocycles. The minimum Gasteiger partial charge on any atom is -0.476 e. The minimum atomic E-state index is -0.997. The van der Waals surface area contributed by atoms with Crippen LogP contribution in [0.25, 0.3) is 0 Å². The van der Waals surface area contributed by atoms with Gasteiger partial charge in [-0.1, -0.05) is 0 Å². The maximum absolute atomic E-state index is 11.4. The van der Waals surface area contributed by atoms with Crippen molar-refractivity contribution in [2.45, 2.75) is 26.3 Å². The molecule has 0 unspecified atom stereocenters. The van der Waals surface area contributed by atoms with E-state index in [1.165, 1.54) is 0 Å². The number of carbonyl (C=O) groups is 1. The van der Waals surface area contributed by atoms with E-state index in [0.717, 1.165) is 29.4 Å². The Hall–Kier alpha value is -1.86. The van der Waals surface area contributed by atoms with Crippen molar-refractivity contribution in [3.63, 3.8) is 0 Å². The van der Waals surface area contributed by atoms with Gasteiger partial charge in [0.2, 0.25) is 0 Å². The molecule has 0 atom stereocenters. The molecule has 0 aliphatic carbocycles. The number of aromatic nitrogens is 3. The first-order valence-corrected chi connectivity index (χ1v) is 7.25. The van der Waals surface area contributed by atoms with Crippen LogP contribution in [-0.2, 0) is 19.4 Å². The normalized spacial score (nSPS) is 14.1. The van der Waals surface area contributed by atoms with Gasteiger partial charge in [-0.3, -0.25) is 0 Å². The monoisotopic (exact) mass is 290 g/mol. The largest absolute Gasteiger partial charge is 0.476 e. The van der Waals surface area contributed by atoms with Crippen LogP contribution in [0.15, 0.2) is 5.38 Å². The highest BCUT2D eigenvalue weighted by molar-refractivity contribution is 7.09. The highest BCUT2D eigenvalue weighted by atomic mass is 32.1. The Morgan fingerprint density at radius 2 is 2.30 bits per heavy atom. The molecule has 6 nitrogen and oxygen atoms in total. The molecule has 3 rings (SSSR count). The van der Waals surface area contributed by atoms with Crippen LogP contribution in [0.4, 0.5) is 0 Å². The van der Waals surface area contributed by atoms with E-state index in [2.05, 4.69) is 20.3 Å². The van der Waals surface area contributed by atoms with Crippen molar-refractivity contribution in [1.82, 2.24) is 20.3 Å². The molecular weight excluding hydrogens is 276 g/mol. The molecule has 0 spiro atoms. The van der Waals surface area contributed by atoms with Crippen LogP contribution in [-0.4, -0.2) is 32.6 Å². The molecule has 7 heteroatoms. The van der Waals surface area contributed by atoms with E-state index in [-0.39, 0.29) is 5.69 Å². The average molecular weight is 290 g/mol. The van der Waals surface area contributed by atoms with E-state index in [1.54, 1.807) is 11.3 Å². The number of aryl methyl sites for hydroxylation is 1. The molecule has 104 valence electrons. The fourth-order valence-corrected chi connectivity index (χ4v) is 2.91. The summed E-state index contributed by atoms with van der Waals surface area (Å²) < 4.78 is 0. The first-order chi connectivity index (χ1) is 9.63. The lowest BCUT2D eigenvalue weighted by Gasteiger charge is -2.18. The molecule has 0 aromatic carbocycles. The van der Waals surface area contributed by atoms with Gasteiger partial charge < -0.3 is 10.4 Å². The van der Waals surface area contributed by atoms with Gasteiger partial charge in [-0.15, -0.1) is 11.3 Å². The summed E-state index contributed by atoms with van der Waals surface area (Å²) in [5.41, 5.74) is 2.56. The maximum Gasteiger partial charge on any atom is 0.354 e. The Kier molecular flexibility index (Phi) is 3.45. The number of hydrogen-bond donors (Lipinski definition) is 2. The Morgan fingerprint density at radius 3 is 3.00 bits per heavy atom. The molecule has 2 aromatic heterocycles. The molecule has 3 heterocycles. The number of carboxylic acids is 1. The highest BCUT2D eigenvalue weighted by Gasteiger charge is 2.21. The number of carboxylic acid groups (broad SMARTS) is 1. The standard InChI is InChI=1S/C13H14N4O2S/c1-7-15-8(6-20-7)4-11-16-10-2-3-14-5-9(10)12(17-11)13(18)19/h6,14H,2-5H2,1H3,(H,18,19). The first-order valence-electron chi connectivity index (χ1n) is 6.37. The quantitative estimate of drug-likeness (QED) is 0.882. The van der Waals surface area contributed by atoms with Gasteiger partial charge in [-0.2, -0.15) is 0 Å². The van der Waals surface area contributed by atoms with E-state index < -0.39 is 5.97 Å². The molecule has 1 aliphatic heterocycles. The molecule has 1 aliphatic rings. The fraction of sp³-hybridized carbons (Fsp3) is 0.385. The zero-order valence-electron chi connectivity index (χ0n) is 11.0. The van der Waals surface area contributed by atoms with Crippen LogP contribution >= 0.6 is 11.3 Å². The van der Waals surface area contributed by atoms with E-state index in [0.29, 0.717) is 24.4 Å². The summed E-state index contributed by atoms with van der Waals surface area (Å²) in [6.07, 6.45) is 1.21. The lowest BCUT2D eigenvalue weighted by molar-refractivity contribution is 0.0688. The van der Waals surface area contributed by atoms with E-state index in [9.17, 15) is 9.90 Å². The summed E-state index contributed by atoms with van der Waals surface area (Å²) in [5.74, 6) is -0.462. The number of thiazole rings is 1. The van der Waals surface area contributed by atoms with Gasteiger partial charge in [0.05, 0.1) is 22.8 Å². The van der Waals surface area contributed by atoms with Crippen molar-refractivity contribution in [2.24, 2.45) is 0 Å². The van der Waals surface area contributed by atoms with Gasteiger partial charge in [0.25, 0.3) is 0 Å². The third kappa shape index (κ3) is 2.54. The van der Waals surface area contributed by atoms with Gasteiger partial charge in [0.15, 0.2) is 5.69 Å². The summed E-state index contributed by atoms with van der Waals surface area (Å²) in [4.78, 5) is 24.4. The van der Waals surface area contributed by atoms with Crippen LogP contribution in [0.2, 0.25) is 0 Å². The molecule has 20 heavy (non-hydrogen) atoms. The number of nitrogens with zero attached hydrogens (tertiary/aromatic N) is 3. The smallest absolute Gasteiger partial charge is 0.354 e. The van der Waals surface area contributed by atoms with E-state index in [1.807, 2.05) is 12.3 Å². The number of rotatable bonds is 3. The third-order valence-electron chi connectivity index (χ3n) is 3.19. The van der Waals surface area contributed by atoms with Crippen LogP contribution in [0.5, 0.6) is 0 Å². The predicted molar refractivity (Wildman–Crippen MR) is 74.1 cm³/mol. The Balaban J connectivity index is 1.99. The average Bonchev–Trinajstić information content (AvgIpc) is 2.83. The molecule has 2 N–H and O–H groups in total. The van der Waals surface area contributed by atoms with E-state index in [4.69, 9.17) is 0 Å². The molecule has 0 radical (unpaired) electrons. The topological polar surface area (TPSA) is 88.0 Å². The SMILES string of the molecule is Cc1nc(Cc2nc3c(c(C(=O)O)n2)CNCC3)cs1. The third-order valence-corrected chi connectivity index (χ3v) is 4.01. The minimum absolute atomic E-state index is 0.115. The maximum atomic E-state index is 11.4. The molecule has 2 aromatic rings. The molecule has 0 saturated heterocycles. The second-order valence-corrected chi connectivity index (χ2v) is 5.74. The van der Waals surface area contributed by atoms with Crippen molar-refractivity contribution >= 4 is 17.3 Å². The lowest BCUT2D eigenvalue weighted by atomic mass is 10.0.